The van der Waals surface area contributed by atoms with Crippen LogP contribution in [0.3, 0.4) is 0 Å². The molecule has 1 atom stereocenters. The van der Waals surface area contributed by atoms with E-state index < -0.39 is 0 Å². The Bertz CT molecular complexity index is 310. The van der Waals surface area contributed by atoms with Crippen molar-refractivity contribution in [2.75, 3.05) is 12.3 Å². The van der Waals surface area contributed by atoms with Gasteiger partial charge in [-0.05, 0) is 31.6 Å². The maximum absolute atomic E-state index is 4.50. The van der Waals surface area contributed by atoms with Crippen LogP contribution in [0.1, 0.15) is 50.0 Å². The molecule has 1 aromatic rings. The smallest absolute Gasteiger partial charge is 0.103 e. The van der Waals surface area contributed by atoms with Crippen LogP contribution in [0.4, 0.5) is 0 Å². The van der Waals surface area contributed by atoms with Gasteiger partial charge >= 0.3 is 0 Å². The molecule has 0 saturated heterocycles. The summed E-state index contributed by atoms with van der Waals surface area (Å²) in [5, 5.41) is 4.76. The van der Waals surface area contributed by atoms with Crippen molar-refractivity contribution in [2.24, 2.45) is 5.92 Å². The predicted octanol–water partition coefficient (Wildman–Crippen LogP) is 4.09. The number of rotatable bonds is 8. The van der Waals surface area contributed by atoms with E-state index >= 15 is 0 Å². The summed E-state index contributed by atoms with van der Waals surface area (Å²) >= 11 is 3.83. The van der Waals surface area contributed by atoms with Crippen molar-refractivity contribution in [3.05, 3.63) is 16.1 Å². The summed E-state index contributed by atoms with van der Waals surface area (Å²) in [5.41, 5.74) is 0. The molecular formula is C13H24N2S2. The highest BCUT2D eigenvalue weighted by Gasteiger charge is 2.09. The fourth-order valence-corrected chi connectivity index (χ4v) is 3.50. The molecule has 2 nitrogen and oxygen atoms in total. The van der Waals surface area contributed by atoms with Crippen molar-refractivity contribution < 1.29 is 0 Å². The summed E-state index contributed by atoms with van der Waals surface area (Å²) in [6, 6.07) is 0.441. The van der Waals surface area contributed by atoms with Crippen LogP contribution in [-0.2, 0) is 5.75 Å². The largest absolute Gasteiger partial charge is 0.309 e. The summed E-state index contributed by atoms with van der Waals surface area (Å²) in [5.74, 6) is 3.05. The van der Waals surface area contributed by atoms with Crippen molar-refractivity contribution in [3.63, 3.8) is 0 Å². The molecule has 0 fully saturated rings. The van der Waals surface area contributed by atoms with Gasteiger partial charge in [-0.25, -0.2) is 4.98 Å². The third-order valence-electron chi connectivity index (χ3n) is 2.38. The van der Waals surface area contributed by atoms with Gasteiger partial charge in [0.05, 0.1) is 0 Å². The molecule has 0 aromatic carbocycles. The van der Waals surface area contributed by atoms with E-state index in [9.17, 15) is 0 Å². The number of aromatic nitrogens is 1. The normalized spacial score (nSPS) is 13.2. The first-order valence-corrected chi connectivity index (χ1v) is 8.36. The second-order valence-corrected chi connectivity index (χ2v) is 6.92. The first-order valence-electron chi connectivity index (χ1n) is 6.39. The average Bonchev–Trinajstić information content (AvgIpc) is 2.74. The highest BCUT2D eigenvalue weighted by Crippen LogP contribution is 2.24. The van der Waals surface area contributed by atoms with Gasteiger partial charge in [0.25, 0.3) is 0 Å². The SMILES string of the molecule is CCCNC(C)c1cnc(CSCC(C)C)s1. The third-order valence-corrected chi connectivity index (χ3v) is 5.12. The molecular weight excluding hydrogens is 248 g/mol. The molecule has 0 radical (unpaired) electrons. The van der Waals surface area contributed by atoms with Crippen LogP contribution in [-0.4, -0.2) is 17.3 Å². The summed E-state index contributed by atoms with van der Waals surface area (Å²) in [7, 11) is 0. The van der Waals surface area contributed by atoms with E-state index in [0.717, 1.165) is 18.2 Å². The molecule has 0 aliphatic heterocycles. The molecule has 0 aliphatic rings. The minimum atomic E-state index is 0.441. The molecule has 1 rings (SSSR count). The van der Waals surface area contributed by atoms with Gasteiger partial charge in [-0.3, -0.25) is 0 Å². The van der Waals surface area contributed by atoms with Crippen LogP contribution >= 0.6 is 23.1 Å². The fourth-order valence-electron chi connectivity index (χ4n) is 1.43. The summed E-state index contributed by atoms with van der Waals surface area (Å²) in [6.07, 6.45) is 3.21. The van der Waals surface area contributed by atoms with Gasteiger partial charge in [0, 0.05) is 22.9 Å². The monoisotopic (exact) mass is 272 g/mol. The number of hydrogen-bond donors (Lipinski definition) is 1. The fraction of sp³-hybridized carbons (Fsp3) is 0.769. The average molecular weight is 272 g/mol. The molecule has 0 spiro atoms. The van der Waals surface area contributed by atoms with E-state index in [0.29, 0.717) is 6.04 Å². The lowest BCUT2D eigenvalue weighted by molar-refractivity contribution is 0.577. The second kappa shape index (κ2) is 8.11. The highest BCUT2D eigenvalue weighted by molar-refractivity contribution is 7.98. The molecule has 1 unspecified atom stereocenters. The molecule has 17 heavy (non-hydrogen) atoms. The molecule has 0 aliphatic carbocycles. The van der Waals surface area contributed by atoms with E-state index in [2.05, 4.69) is 38.0 Å². The van der Waals surface area contributed by atoms with Gasteiger partial charge in [-0.15, -0.1) is 11.3 Å². The second-order valence-electron chi connectivity index (χ2n) is 4.74. The third kappa shape index (κ3) is 5.89. The Balaban J connectivity index is 2.36. The molecule has 0 bridgehead atoms. The lowest BCUT2D eigenvalue weighted by Crippen LogP contribution is -2.18. The van der Waals surface area contributed by atoms with Crippen LogP contribution < -0.4 is 5.32 Å². The zero-order chi connectivity index (χ0) is 12.7. The maximum Gasteiger partial charge on any atom is 0.103 e. The standard InChI is InChI=1S/C13H24N2S2/c1-5-6-14-11(4)12-7-15-13(17-12)9-16-8-10(2)3/h7,10-11,14H,5-6,8-9H2,1-4H3. The molecule has 0 saturated carbocycles. The van der Waals surface area contributed by atoms with Crippen LogP contribution in [0.5, 0.6) is 0 Å². The first kappa shape index (κ1) is 15.0. The van der Waals surface area contributed by atoms with E-state index in [1.165, 1.54) is 22.1 Å². The van der Waals surface area contributed by atoms with E-state index in [4.69, 9.17) is 0 Å². The van der Waals surface area contributed by atoms with Crippen LogP contribution in [0, 0.1) is 5.92 Å². The maximum atomic E-state index is 4.50. The Kier molecular flexibility index (Phi) is 7.16. The Morgan fingerprint density at radius 3 is 2.82 bits per heavy atom. The molecule has 1 heterocycles. The van der Waals surface area contributed by atoms with Gasteiger partial charge in [-0.2, -0.15) is 11.8 Å². The van der Waals surface area contributed by atoms with Crippen molar-refractivity contribution in [2.45, 2.75) is 45.9 Å². The predicted molar refractivity (Wildman–Crippen MR) is 79.8 cm³/mol. The van der Waals surface area contributed by atoms with Gasteiger partial charge in [-0.1, -0.05) is 20.8 Å². The first-order chi connectivity index (χ1) is 8.13. The Morgan fingerprint density at radius 2 is 2.18 bits per heavy atom. The van der Waals surface area contributed by atoms with Gasteiger partial charge < -0.3 is 5.32 Å². The Labute approximate surface area is 114 Å². The topological polar surface area (TPSA) is 24.9 Å². The van der Waals surface area contributed by atoms with Gasteiger partial charge in [0.2, 0.25) is 0 Å². The Morgan fingerprint density at radius 1 is 1.41 bits per heavy atom. The van der Waals surface area contributed by atoms with E-state index in [-0.39, 0.29) is 0 Å². The molecule has 0 amide bonds. The molecule has 4 heteroatoms. The molecule has 1 aromatic heterocycles. The lowest BCUT2D eigenvalue weighted by Gasteiger charge is -2.09. The van der Waals surface area contributed by atoms with E-state index in [1.807, 2.05) is 29.3 Å². The molecule has 98 valence electrons. The lowest BCUT2D eigenvalue weighted by atomic mass is 10.3. The quantitative estimate of drug-likeness (QED) is 0.771. The van der Waals surface area contributed by atoms with Crippen molar-refractivity contribution in [1.29, 1.82) is 0 Å². The van der Waals surface area contributed by atoms with Gasteiger partial charge in [0.15, 0.2) is 0 Å². The van der Waals surface area contributed by atoms with Gasteiger partial charge in [0.1, 0.15) is 5.01 Å². The highest BCUT2D eigenvalue weighted by atomic mass is 32.2. The van der Waals surface area contributed by atoms with Crippen LogP contribution in [0.2, 0.25) is 0 Å². The molecule has 1 N–H and O–H groups in total. The number of thiazole rings is 1. The number of thioether (sulfide) groups is 1. The number of nitrogens with zero attached hydrogens (tertiary/aromatic N) is 1. The van der Waals surface area contributed by atoms with Crippen molar-refractivity contribution in [3.8, 4) is 0 Å². The van der Waals surface area contributed by atoms with Crippen molar-refractivity contribution >= 4 is 23.1 Å². The van der Waals surface area contributed by atoms with Crippen LogP contribution in [0.15, 0.2) is 6.20 Å². The summed E-state index contributed by atoms with van der Waals surface area (Å²) in [6.45, 7) is 10.0. The summed E-state index contributed by atoms with van der Waals surface area (Å²) in [4.78, 5) is 5.86. The van der Waals surface area contributed by atoms with Crippen molar-refractivity contribution in [1.82, 2.24) is 10.3 Å². The Hall–Kier alpha value is -0.0600. The summed E-state index contributed by atoms with van der Waals surface area (Å²) < 4.78 is 0. The zero-order valence-corrected chi connectivity index (χ0v) is 13.0. The number of nitrogens with one attached hydrogen (secondary N) is 1. The number of hydrogen-bond acceptors (Lipinski definition) is 4. The zero-order valence-electron chi connectivity index (χ0n) is 11.3. The van der Waals surface area contributed by atoms with Crippen LogP contribution in [0.25, 0.3) is 0 Å². The minimum Gasteiger partial charge on any atom is -0.309 e. The van der Waals surface area contributed by atoms with E-state index in [1.54, 1.807) is 0 Å². The minimum absolute atomic E-state index is 0.441.